The number of aromatic nitrogens is 1. The second kappa shape index (κ2) is 7.38. The average Bonchev–Trinajstić information content (AvgIpc) is 2.67. The molecule has 5 nitrogen and oxygen atoms in total. The molecule has 0 aromatic carbocycles. The largest absolute Gasteiger partial charge is 0.361 e. The predicted molar refractivity (Wildman–Crippen MR) is 72.2 cm³/mol. The van der Waals surface area contributed by atoms with E-state index in [1.165, 1.54) is 0 Å². The van der Waals surface area contributed by atoms with Crippen LogP contribution in [-0.4, -0.2) is 24.2 Å². The monoisotopic (exact) mass is 248 g/mol. The number of nitrogens with zero attached hydrogens (tertiary/aromatic N) is 2. The van der Waals surface area contributed by atoms with Gasteiger partial charge in [-0.2, -0.15) is 0 Å². The fraction of sp³-hybridized carbons (Fsp3) is 0.538. The number of hydrogen-bond acceptors (Lipinski definition) is 3. The summed E-state index contributed by atoms with van der Waals surface area (Å²) in [5.74, 6) is 4.16. The Bertz CT molecular complexity index is 423. The maximum absolute atomic E-state index is 5.21. The zero-order chi connectivity index (χ0) is 13.4. The quantitative estimate of drug-likeness (QED) is 0.357. The minimum Gasteiger partial charge on any atom is -0.361 e. The van der Waals surface area contributed by atoms with E-state index in [1.54, 1.807) is 0 Å². The summed E-state index contributed by atoms with van der Waals surface area (Å²) < 4.78 is 5.10. The predicted octanol–water partition coefficient (Wildman–Crippen LogP) is 1.37. The summed E-state index contributed by atoms with van der Waals surface area (Å²) in [7, 11) is 0. The molecule has 0 bridgehead atoms. The molecule has 2 N–H and O–H groups in total. The van der Waals surface area contributed by atoms with Crippen LogP contribution in [-0.2, 0) is 6.54 Å². The molecule has 1 rings (SSSR count). The maximum atomic E-state index is 5.21. The zero-order valence-electron chi connectivity index (χ0n) is 11.2. The summed E-state index contributed by atoms with van der Waals surface area (Å²) in [6.07, 6.45) is 5.88. The number of nitrogens with one attached hydrogen (secondary N) is 2. The number of rotatable bonds is 5. The molecule has 0 radical (unpaired) electrons. The van der Waals surface area contributed by atoms with E-state index in [0.717, 1.165) is 29.5 Å². The Balaban J connectivity index is 2.62. The van der Waals surface area contributed by atoms with Crippen LogP contribution in [0, 0.1) is 26.2 Å². The zero-order valence-corrected chi connectivity index (χ0v) is 11.2. The molecular formula is C13H20N4O. The van der Waals surface area contributed by atoms with Crippen molar-refractivity contribution in [3.63, 3.8) is 0 Å². The lowest BCUT2D eigenvalue weighted by Crippen LogP contribution is -2.37. The molecular weight excluding hydrogens is 228 g/mol. The number of aryl methyl sites for hydroxylation is 2. The van der Waals surface area contributed by atoms with Crippen molar-refractivity contribution in [1.82, 2.24) is 15.8 Å². The number of terminal acetylenes is 1. The first-order valence-corrected chi connectivity index (χ1v) is 6.06. The molecule has 0 unspecified atom stereocenters. The van der Waals surface area contributed by atoms with Crippen LogP contribution < -0.4 is 10.6 Å². The van der Waals surface area contributed by atoms with Crippen molar-refractivity contribution in [2.45, 2.75) is 33.7 Å². The van der Waals surface area contributed by atoms with Crippen molar-refractivity contribution in [3.05, 3.63) is 17.0 Å². The first kappa shape index (κ1) is 14.1. The smallest absolute Gasteiger partial charge is 0.191 e. The van der Waals surface area contributed by atoms with E-state index in [0.29, 0.717) is 19.5 Å². The van der Waals surface area contributed by atoms with Crippen LogP contribution in [0.1, 0.15) is 30.4 Å². The molecule has 1 heterocycles. The van der Waals surface area contributed by atoms with Gasteiger partial charge in [-0.3, -0.25) is 0 Å². The molecule has 0 saturated carbocycles. The summed E-state index contributed by atoms with van der Waals surface area (Å²) >= 11 is 0. The highest BCUT2D eigenvalue weighted by atomic mass is 16.5. The van der Waals surface area contributed by atoms with Gasteiger partial charge in [-0.25, -0.2) is 4.99 Å². The molecule has 1 aromatic rings. The number of guanidine groups is 1. The molecule has 0 fully saturated rings. The topological polar surface area (TPSA) is 62.5 Å². The van der Waals surface area contributed by atoms with Crippen LogP contribution in [0.15, 0.2) is 9.52 Å². The van der Waals surface area contributed by atoms with Gasteiger partial charge < -0.3 is 15.2 Å². The van der Waals surface area contributed by atoms with Crippen molar-refractivity contribution in [2.75, 3.05) is 13.1 Å². The van der Waals surface area contributed by atoms with Gasteiger partial charge in [0.15, 0.2) is 5.96 Å². The van der Waals surface area contributed by atoms with E-state index in [4.69, 9.17) is 10.9 Å². The van der Waals surface area contributed by atoms with Gasteiger partial charge in [-0.15, -0.1) is 12.3 Å². The maximum Gasteiger partial charge on any atom is 0.191 e. The fourth-order valence-electron chi connectivity index (χ4n) is 1.48. The molecule has 0 aliphatic rings. The highest BCUT2D eigenvalue weighted by Crippen LogP contribution is 2.12. The second-order valence-corrected chi connectivity index (χ2v) is 3.88. The van der Waals surface area contributed by atoms with Crippen LogP contribution in [0.4, 0.5) is 0 Å². The Labute approximate surface area is 108 Å². The second-order valence-electron chi connectivity index (χ2n) is 3.88. The third-order valence-corrected chi connectivity index (χ3v) is 2.48. The van der Waals surface area contributed by atoms with Gasteiger partial charge in [0.1, 0.15) is 5.76 Å². The van der Waals surface area contributed by atoms with Crippen LogP contribution in [0.2, 0.25) is 0 Å². The van der Waals surface area contributed by atoms with Crippen molar-refractivity contribution in [1.29, 1.82) is 0 Å². The van der Waals surface area contributed by atoms with E-state index < -0.39 is 0 Å². The molecule has 0 saturated heterocycles. The van der Waals surface area contributed by atoms with Crippen molar-refractivity contribution in [3.8, 4) is 12.3 Å². The molecule has 0 atom stereocenters. The normalized spacial score (nSPS) is 11.1. The Morgan fingerprint density at radius 3 is 2.78 bits per heavy atom. The Kier molecular flexibility index (Phi) is 5.78. The van der Waals surface area contributed by atoms with Crippen LogP contribution >= 0.6 is 0 Å². The summed E-state index contributed by atoms with van der Waals surface area (Å²) in [6.45, 7) is 7.90. The molecule has 1 aromatic heterocycles. The average molecular weight is 248 g/mol. The minimum atomic E-state index is 0.548. The third-order valence-electron chi connectivity index (χ3n) is 2.48. The Morgan fingerprint density at radius 2 is 2.22 bits per heavy atom. The lowest BCUT2D eigenvalue weighted by atomic mass is 10.2. The summed E-state index contributed by atoms with van der Waals surface area (Å²) in [4.78, 5) is 4.48. The third kappa shape index (κ3) is 4.13. The van der Waals surface area contributed by atoms with Gasteiger partial charge in [-0.1, -0.05) is 5.16 Å². The minimum absolute atomic E-state index is 0.548. The van der Waals surface area contributed by atoms with E-state index in [1.807, 2.05) is 20.8 Å². The van der Waals surface area contributed by atoms with E-state index >= 15 is 0 Å². The first-order valence-electron chi connectivity index (χ1n) is 6.06. The van der Waals surface area contributed by atoms with Gasteiger partial charge in [-0.05, 0) is 20.8 Å². The van der Waals surface area contributed by atoms with Crippen molar-refractivity contribution < 1.29 is 4.52 Å². The molecule has 98 valence electrons. The van der Waals surface area contributed by atoms with Crippen LogP contribution in [0.5, 0.6) is 0 Å². The first-order chi connectivity index (χ1) is 8.69. The summed E-state index contributed by atoms with van der Waals surface area (Å²) in [6, 6.07) is 0. The summed E-state index contributed by atoms with van der Waals surface area (Å²) in [5, 5.41) is 10.2. The fourth-order valence-corrected chi connectivity index (χ4v) is 1.48. The SMILES string of the molecule is C#CCCNC(=NCc1c(C)noc1C)NCC. The summed E-state index contributed by atoms with van der Waals surface area (Å²) in [5.41, 5.74) is 1.92. The van der Waals surface area contributed by atoms with E-state index in [2.05, 4.69) is 26.7 Å². The molecule has 0 amide bonds. The van der Waals surface area contributed by atoms with E-state index in [-0.39, 0.29) is 0 Å². The van der Waals surface area contributed by atoms with E-state index in [9.17, 15) is 0 Å². The van der Waals surface area contributed by atoms with Crippen molar-refractivity contribution in [2.24, 2.45) is 4.99 Å². The number of aliphatic imine (C=N–C) groups is 1. The Morgan fingerprint density at radius 1 is 1.44 bits per heavy atom. The molecule has 5 heteroatoms. The van der Waals surface area contributed by atoms with Gasteiger partial charge in [0.25, 0.3) is 0 Å². The highest BCUT2D eigenvalue weighted by molar-refractivity contribution is 5.79. The lowest BCUT2D eigenvalue weighted by molar-refractivity contribution is 0.392. The highest BCUT2D eigenvalue weighted by Gasteiger charge is 2.08. The molecule has 18 heavy (non-hydrogen) atoms. The standard InChI is InChI=1S/C13H20N4O/c1-5-7-8-15-13(14-6-2)16-9-12-10(3)17-18-11(12)4/h1H,6-9H2,2-4H3,(H2,14,15,16). The molecule has 0 aliphatic heterocycles. The van der Waals surface area contributed by atoms with Crippen LogP contribution in [0.3, 0.4) is 0 Å². The lowest BCUT2D eigenvalue weighted by Gasteiger charge is -2.09. The van der Waals surface area contributed by atoms with Crippen LogP contribution in [0.25, 0.3) is 0 Å². The van der Waals surface area contributed by atoms with Gasteiger partial charge in [0.2, 0.25) is 0 Å². The van der Waals surface area contributed by atoms with Gasteiger partial charge >= 0.3 is 0 Å². The Hall–Kier alpha value is -1.96. The molecule has 0 spiro atoms. The van der Waals surface area contributed by atoms with Crippen molar-refractivity contribution >= 4 is 5.96 Å². The van der Waals surface area contributed by atoms with Gasteiger partial charge in [0, 0.05) is 25.1 Å². The molecule has 0 aliphatic carbocycles. The van der Waals surface area contributed by atoms with Gasteiger partial charge in [0.05, 0.1) is 12.2 Å². The number of hydrogen-bond donors (Lipinski definition) is 2.